The Bertz CT molecular complexity index is 754. The average Bonchev–Trinajstić information content (AvgIpc) is 3.00. The van der Waals surface area contributed by atoms with Crippen LogP contribution in [0.1, 0.15) is 16.2 Å². The third-order valence-corrected chi connectivity index (χ3v) is 3.20. The van der Waals surface area contributed by atoms with Gasteiger partial charge in [-0.25, -0.2) is 4.98 Å². The summed E-state index contributed by atoms with van der Waals surface area (Å²) in [6, 6.07) is 6.33. The van der Waals surface area contributed by atoms with E-state index in [1.165, 1.54) is 19.4 Å². The first-order chi connectivity index (χ1) is 11.5. The predicted octanol–water partition coefficient (Wildman–Crippen LogP) is 0.352. The molecule has 1 heterocycles. The minimum Gasteiger partial charge on any atom is -0.383 e. The number of anilines is 1. The van der Waals surface area contributed by atoms with E-state index in [1.54, 1.807) is 36.0 Å². The third kappa shape index (κ3) is 4.26. The van der Waals surface area contributed by atoms with E-state index < -0.39 is 11.8 Å². The Kier molecular flexibility index (Phi) is 5.80. The number of ether oxygens (including phenoxy) is 1. The lowest BCUT2D eigenvalue weighted by molar-refractivity contribution is -0.136. The summed E-state index contributed by atoms with van der Waals surface area (Å²) >= 11 is 0. The van der Waals surface area contributed by atoms with Crippen molar-refractivity contribution in [3.05, 3.63) is 48.0 Å². The van der Waals surface area contributed by atoms with Crippen LogP contribution in [0.5, 0.6) is 0 Å². The van der Waals surface area contributed by atoms with Crippen LogP contribution >= 0.6 is 0 Å². The molecule has 0 radical (unpaired) electrons. The molecule has 0 fully saturated rings. The normalized spacial score (nSPS) is 10.2. The van der Waals surface area contributed by atoms with Gasteiger partial charge in [0.15, 0.2) is 5.82 Å². The number of aryl methyl sites for hydroxylation is 1. The molecule has 24 heavy (non-hydrogen) atoms. The Morgan fingerprint density at radius 1 is 1.25 bits per heavy atom. The standard InChI is InChI=1S/C16H18N4O4/c1-20-8-6-17-14(20)13(21)11-4-3-5-12(10-11)19-16(23)15(22)18-7-9-24-2/h3-6,8,10H,7,9H2,1-2H3,(H,18,22)(H,19,23). The summed E-state index contributed by atoms with van der Waals surface area (Å²) in [7, 11) is 3.21. The second kappa shape index (κ2) is 8.02. The zero-order chi connectivity index (χ0) is 17.5. The number of hydrogen-bond acceptors (Lipinski definition) is 5. The Hall–Kier alpha value is -3.00. The summed E-state index contributed by atoms with van der Waals surface area (Å²) in [5.41, 5.74) is 0.712. The summed E-state index contributed by atoms with van der Waals surface area (Å²) in [5.74, 6) is -1.57. The van der Waals surface area contributed by atoms with E-state index in [0.29, 0.717) is 17.9 Å². The number of aromatic nitrogens is 2. The Balaban J connectivity index is 2.05. The minimum absolute atomic E-state index is 0.237. The number of carbonyl (C=O) groups excluding carboxylic acids is 3. The lowest BCUT2D eigenvalue weighted by Gasteiger charge is -2.07. The van der Waals surface area contributed by atoms with Crippen LogP contribution in [0.3, 0.4) is 0 Å². The molecule has 126 valence electrons. The number of imidazole rings is 1. The fourth-order valence-corrected chi connectivity index (χ4v) is 1.99. The third-order valence-electron chi connectivity index (χ3n) is 3.20. The quantitative estimate of drug-likeness (QED) is 0.452. The van der Waals surface area contributed by atoms with Gasteiger partial charge in [0.1, 0.15) is 0 Å². The summed E-state index contributed by atoms with van der Waals surface area (Å²) in [6.45, 7) is 0.549. The molecule has 8 nitrogen and oxygen atoms in total. The first-order valence-corrected chi connectivity index (χ1v) is 7.23. The fraction of sp³-hybridized carbons (Fsp3) is 0.250. The molecular formula is C16H18N4O4. The highest BCUT2D eigenvalue weighted by Crippen LogP contribution is 2.14. The van der Waals surface area contributed by atoms with Gasteiger partial charge >= 0.3 is 11.8 Å². The van der Waals surface area contributed by atoms with E-state index in [4.69, 9.17) is 4.74 Å². The van der Waals surface area contributed by atoms with Gasteiger partial charge in [0, 0.05) is 44.3 Å². The first-order valence-electron chi connectivity index (χ1n) is 7.23. The number of benzene rings is 1. The van der Waals surface area contributed by atoms with E-state index in [1.807, 2.05) is 0 Å². The van der Waals surface area contributed by atoms with Crippen molar-refractivity contribution < 1.29 is 19.1 Å². The molecule has 0 aliphatic rings. The molecule has 2 N–H and O–H groups in total. The smallest absolute Gasteiger partial charge is 0.313 e. The SMILES string of the molecule is COCCNC(=O)C(=O)Nc1cccc(C(=O)c2nccn2C)c1. The van der Waals surface area contributed by atoms with Gasteiger partial charge in [0.25, 0.3) is 0 Å². The van der Waals surface area contributed by atoms with Crippen molar-refractivity contribution in [3.63, 3.8) is 0 Å². The number of nitrogens with one attached hydrogen (secondary N) is 2. The van der Waals surface area contributed by atoms with Gasteiger partial charge in [-0.1, -0.05) is 12.1 Å². The van der Waals surface area contributed by atoms with Crippen molar-refractivity contribution in [2.75, 3.05) is 25.6 Å². The van der Waals surface area contributed by atoms with Gasteiger partial charge in [0.2, 0.25) is 5.78 Å². The van der Waals surface area contributed by atoms with Crippen LogP contribution in [0.4, 0.5) is 5.69 Å². The molecule has 0 aliphatic carbocycles. The molecule has 1 aromatic carbocycles. The van der Waals surface area contributed by atoms with Crippen LogP contribution in [0.25, 0.3) is 0 Å². The van der Waals surface area contributed by atoms with Crippen LogP contribution in [0, 0.1) is 0 Å². The van der Waals surface area contributed by atoms with Crippen LogP contribution in [0.15, 0.2) is 36.7 Å². The molecule has 0 saturated heterocycles. The van der Waals surface area contributed by atoms with E-state index in [0.717, 1.165) is 0 Å². The Morgan fingerprint density at radius 2 is 2.04 bits per heavy atom. The number of ketones is 1. The van der Waals surface area contributed by atoms with Crippen molar-refractivity contribution >= 4 is 23.3 Å². The number of hydrogen-bond donors (Lipinski definition) is 2. The van der Waals surface area contributed by atoms with Gasteiger partial charge < -0.3 is 19.9 Å². The van der Waals surface area contributed by atoms with Crippen LogP contribution in [-0.4, -0.2) is 47.4 Å². The molecule has 2 rings (SSSR count). The van der Waals surface area contributed by atoms with E-state index >= 15 is 0 Å². The minimum atomic E-state index is -0.812. The van der Waals surface area contributed by atoms with E-state index in [2.05, 4.69) is 15.6 Å². The van der Waals surface area contributed by atoms with Gasteiger partial charge in [-0.3, -0.25) is 14.4 Å². The second-order valence-electron chi connectivity index (χ2n) is 4.97. The molecule has 0 atom stereocenters. The fourth-order valence-electron chi connectivity index (χ4n) is 1.99. The zero-order valence-corrected chi connectivity index (χ0v) is 13.4. The monoisotopic (exact) mass is 330 g/mol. The first kappa shape index (κ1) is 17.4. The lowest BCUT2D eigenvalue weighted by Crippen LogP contribution is -2.37. The average molecular weight is 330 g/mol. The van der Waals surface area contributed by atoms with Gasteiger partial charge in [-0.2, -0.15) is 0 Å². The van der Waals surface area contributed by atoms with Crippen molar-refractivity contribution in [2.24, 2.45) is 7.05 Å². The number of nitrogens with zero attached hydrogens (tertiary/aromatic N) is 2. The van der Waals surface area contributed by atoms with E-state index in [9.17, 15) is 14.4 Å². The second-order valence-corrected chi connectivity index (χ2v) is 4.97. The van der Waals surface area contributed by atoms with Crippen LogP contribution in [0.2, 0.25) is 0 Å². The lowest BCUT2D eigenvalue weighted by atomic mass is 10.1. The highest BCUT2D eigenvalue weighted by atomic mass is 16.5. The molecular weight excluding hydrogens is 312 g/mol. The van der Waals surface area contributed by atoms with Crippen molar-refractivity contribution in [1.29, 1.82) is 0 Å². The zero-order valence-electron chi connectivity index (χ0n) is 13.4. The van der Waals surface area contributed by atoms with E-state index in [-0.39, 0.29) is 18.2 Å². The maximum Gasteiger partial charge on any atom is 0.313 e. The topological polar surface area (TPSA) is 102 Å². The Labute approximate surface area is 138 Å². The highest BCUT2D eigenvalue weighted by molar-refractivity contribution is 6.39. The number of amides is 2. The number of carbonyl (C=O) groups is 3. The predicted molar refractivity (Wildman–Crippen MR) is 86.6 cm³/mol. The molecule has 0 bridgehead atoms. The summed E-state index contributed by atoms with van der Waals surface area (Å²) in [5, 5.41) is 4.87. The highest BCUT2D eigenvalue weighted by Gasteiger charge is 2.16. The molecule has 2 amide bonds. The van der Waals surface area contributed by atoms with Gasteiger partial charge in [-0.15, -0.1) is 0 Å². The molecule has 1 aromatic heterocycles. The summed E-state index contributed by atoms with van der Waals surface area (Å²) in [6.07, 6.45) is 3.20. The Morgan fingerprint density at radius 3 is 2.71 bits per heavy atom. The largest absolute Gasteiger partial charge is 0.383 e. The molecule has 0 spiro atoms. The van der Waals surface area contributed by atoms with Crippen molar-refractivity contribution in [1.82, 2.24) is 14.9 Å². The summed E-state index contributed by atoms with van der Waals surface area (Å²) in [4.78, 5) is 39.8. The van der Waals surface area contributed by atoms with Gasteiger partial charge in [-0.05, 0) is 12.1 Å². The maximum atomic E-state index is 12.4. The summed E-state index contributed by atoms with van der Waals surface area (Å²) < 4.78 is 6.39. The van der Waals surface area contributed by atoms with Crippen molar-refractivity contribution in [2.45, 2.75) is 0 Å². The molecule has 2 aromatic rings. The van der Waals surface area contributed by atoms with Crippen LogP contribution < -0.4 is 10.6 Å². The number of methoxy groups -OCH3 is 1. The van der Waals surface area contributed by atoms with Crippen LogP contribution in [-0.2, 0) is 21.4 Å². The maximum absolute atomic E-state index is 12.4. The van der Waals surface area contributed by atoms with Crippen molar-refractivity contribution in [3.8, 4) is 0 Å². The molecule has 0 saturated carbocycles. The molecule has 0 unspecified atom stereocenters. The molecule has 0 aliphatic heterocycles. The molecule has 8 heteroatoms. The van der Waals surface area contributed by atoms with Gasteiger partial charge in [0.05, 0.1) is 6.61 Å². The number of rotatable bonds is 6.